The summed E-state index contributed by atoms with van der Waals surface area (Å²) in [6, 6.07) is -0.825. The minimum absolute atomic E-state index is 0.148. The van der Waals surface area contributed by atoms with Crippen molar-refractivity contribution < 1.29 is 20.1 Å². The summed E-state index contributed by atoms with van der Waals surface area (Å²) in [5.41, 5.74) is 0. The SMILES string of the molecule is CCCCCCCCCCCCCC/C=C\CCCCCCCCCCCCCCCCCCC(=O)NC(CO)C(O)C(O)CCC/C=C/CCCCCCCCCCCCCCCCCCC. The Morgan fingerprint density at radius 2 is 0.588 bits per heavy atom. The van der Waals surface area contributed by atoms with Gasteiger partial charge in [0.05, 0.1) is 18.8 Å². The summed E-state index contributed by atoms with van der Waals surface area (Å²) < 4.78 is 0. The number of hydrogen-bond acceptors (Lipinski definition) is 4. The van der Waals surface area contributed by atoms with Gasteiger partial charge in [-0.3, -0.25) is 4.79 Å². The van der Waals surface area contributed by atoms with E-state index >= 15 is 0 Å². The van der Waals surface area contributed by atoms with Gasteiger partial charge in [-0.2, -0.15) is 0 Å². The maximum absolute atomic E-state index is 12.5. The van der Waals surface area contributed by atoms with E-state index in [1.165, 1.54) is 283 Å². The molecule has 0 aliphatic carbocycles. The predicted molar refractivity (Wildman–Crippen MR) is 301 cm³/mol. The molecule has 3 unspecified atom stereocenters. The van der Waals surface area contributed by atoms with Crippen molar-refractivity contribution in [1.82, 2.24) is 5.32 Å². The summed E-state index contributed by atoms with van der Waals surface area (Å²) in [6.45, 7) is 4.21. The van der Waals surface area contributed by atoms with Gasteiger partial charge in [-0.05, 0) is 64.2 Å². The average molecular weight is 959 g/mol. The molecule has 5 nitrogen and oxygen atoms in total. The second kappa shape index (κ2) is 58.4. The van der Waals surface area contributed by atoms with Crippen molar-refractivity contribution in [2.24, 2.45) is 0 Å². The molecule has 0 saturated heterocycles. The van der Waals surface area contributed by atoms with Crippen LogP contribution in [0.3, 0.4) is 0 Å². The highest BCUT2D eigenvalue weighted by Crippen LogP contribution is 2.18. The molecule has 5 heteroatoms. The van der Waals surface area contributed by atoms with Crippen molar-refractivity contribution >= 4 is 5.91 Å². The van der Waals surface area contributed by atoms with Gasteiger partial charge in [-0.15, -0.1) is 0 Å². The number of nitrogens with one attached hydrogen (secondary N) is 1. The zero-order valence-corrected chi connectivity index (χ0v) is 46.3. The van der Waals surface area contributed by atoms with Crippen LogP contribution in [0.4, 0.5) is 0 Å². The monoisotopic (exact) mass is 958 g/mol. The Hall–Kier alpha value is -1.17. The zero-order chi connectivity index (χ0) is 49.3. The molecule has 1 amide bonds. The largest absolute Gasteiger partial charge is 0.394 e. The van der Waals surface area contributed by atoms with Gasteiger partial charge in [0.1, 0.15) is 6.10 Å². The lowest BCUT2D eigenvalue weighted by Crippen LogP contribution is -2.50. The van der Waals surface area contributed by atoms with E-state index in [2.05, 4.69) is 43.5 Å². The topological polar surface area (TPSA) is 89.8 Å². The lowest BCUT2D eigenvalue weighted by molar-refractivity contribution is -0.124. The van der Waals surface area contributed by atoms with Crippen LogP contribution in [-0.2, 0) is 4.79 Å². The third-order valence-corrected chi connectivity index (χ3v) is 14.8. The molecule has 0 aliphatic rings. The molecular weight excluding hydrogens is 835 g/mol. The lowest BCUT2D eigenvalue weighted by Gasteiger charge is -2.26. The van der Waals surface area contributed by atoms with Crippen LogP contribution < -0.4 is 5.32 Å². The summed E-state index contributed by atoms with van der Waals surface area (Å²) in [4.78, 5) is 12.5. The Labute approximate surface area is 426 Å². The molecule has 0 aromatic heterocycles. The van der Waals surface area contributed by atoms with Gasteiger partial charge in [0.25, 0.3) is 0 Å². The van der Waals surface area contributed by atoms with Gasteiger partial charge in [-0.1, -0.05) is 301 Å². The molecule has 68 heavy (non-hydrogen) atoms. The van der Waals surface area contributed by atoms with Crippen LogP contribution in [0, 0.1) is 0 Å². The fourth-order valence-corrected chi connectivity index (χ4v) is 9.99. The summed E-state index contributed by atoms with van der Waals surface area (Å²) >= 11 is 0. The standard InChI is InChI=1S/C63H123NO4/c1-3-5-7-9-11-13-15-17-19-21-23-25-27-28-29-30-31-32-33-34-35-36-38-40-42-44-46-48-50-52-54-56-58-62(67)64-60(59-65)63(68)61(66)57-55-53-51-49-47-45-43-41-39-37-26-24-22-20-18-16-14-12-10-8-6-4-2/h28-29,49,51,60-61,63,65-66,68H,3-27,30-48,50,52-59H2,1-2H3,(H,64,67)/b29-28-,51-49+. The molecule has 0 bridgehead atoms. The van der Waals surface area contributed by atoms with E-state index in [1.54, 1.807) is 0 Å². The first-order valence-corrected chi connectivity index (χ1v) is 31.1. The molecule has 0 radical (unpaired) electrons. The first-order valence-electron chi connectivity index (χ1n) is 31.1. The summed E-state index contributed by atoms with van der Waals surface area (Å²) in [7, 11) is 0. The van der Waals surface area contributed by atoms with E-state index in [-0.39, 0.29) is 12.5 Å². The Morgan fingerprint density at radius 3 is 0.853 bits per heavy atom. The number of amides is 1. The van der Waals surface area contributed by atoms with Crippen LogP contribution >= 0.6 is 0 Å². The Morgan fingerprint density at radius 1 is 0.353 bits per heavy atom. The van der Waals surface area contributed by atoms with E-state index in [0.29, 0.717) is 12.8 Å². The second-order valence-electron chi connectivity index (χ2n) is 21.6. The van der Waals surface area contributed by atoms with E-state index in [1.807, 2.05) is 0 Å². The van der Waals surface area contributed by atoms with E-state index < -0.39 is 18.2 Å². The summed E-state index contributed by atoms with van der Waals surface area (Å²) in [6.07, 6.45) is 75.1. The molecule has 0 spiro atoms. The predicted octanol–water partition coefficient (Wildman–Crippen LogP) is 19.6. The number of carbonyl (C=O) groups is 1. The Balaban J connectivity index is 3.50. The third kappa shape index (κ3) is 52.6. The van der Waals surface area contributed by atoms with Crippen LogP contribution in [0.1, 0.15) is 348 Å². The van der Waals surface area contributed by atoms with Crippen molar-refractivity contribution in [3.05, 3.63) is 24.3 Å². The molecule has 0 rings (SSSR count). The third-order valence-electron chi connectivity index (χ3n) is 14.8. The smallest absolute Gasteiger partial charge is 0.220 e. The average Bonchev–Trinajstić information content (AvgIpc) is 3.34. The molecular formula is C63H123NO4. The fraction of sp³-hybridized carbons (Fsp3) is 0.921. The fourth-order valence-electron chi connectivity index (χ4n) is 9.99. The van der Waals surface area contributed by atoms with Crippen molar-refractivity contribution in [2.45, 2.75) is 366 Å². The second-order valence-corrected chi connectivity index (χ2v) is 21.6. The molecule has 0 aromatic rings. The van der Waals surface area contributed by atoms with E-state index in [4.69, 9.17) is 0 Å². The molecule has 0 fully saturated rings. The van der Waals surface area contributed by atoms with Gasteiger partial charge < -0.3 is 20.6 Å². The summed E-state index contributed by atoms with van der Waals surface area (Å²) in [5.74, 6) is -0.148. The first kappa shape index (κ1) is 66.8. The van der Waals surface area contributed by atoms with Gasteiger partial charge in [0.2, 0.25) is 5.91 Å². The van der Waals surface area contributed by atoms with Crippen molar-refractivity contribution in [3.8, 4) is 0 Å². The lowest BCUT2D eigenvalue weighted by atomic mass is 10.0. The zero-order valence-electron chi connectivity index (χ0n) is 46.3. The van der Waals surface area contributed by atoms with Crippen LogP contribution in [0.25, 0.3) is 0 Å². The van der Waals surface area contributed by atoms with Crippen LogP contribution in [0.5, 0.6) is 0 Å². The number of aliphatic hydroxyl groups is 3. The number of carbonyl (C=O) groups excluding carboxylic acids is 1. The van der Waals surface area contributed by atoms with Gasteiger partial charge in [0, 0.05) is 6.42 Å². The van der Waals surface area contributed by atoms with Crippen molar-refractivity contribution in [1.29, 1.82) is 0 Å². The van der Waals surface area contributed by atoms with Crippen LogP contribution in [0.15, 0.2) is 24.3 Å². The molecule has 404 valence electrons. The van der Waals surface area contributed by atoms with Gasteiger partial charge in [-0.25, -0.2) is 0 Å². The minimum Gasteiger partial charge on any atom is -0.394 e. The molecule has 3 atom stereocenters. The highest BCUT2D eigenvalue weighted by atomic mass is 16.3. The molecule has 4 N–H and O–H groups in total. The Kier molecular flexibility index (Phi) is 57.4. The molecule has 0 aliphatic heterocycles. The number of aliphatic hydroxyl groups excluding tert-OH is 3. The quantitative estimate of drug-likeness (QED) is 0.0361. The minimum atomic E-state index is -1.16. The molecule has 0 saturated carbocycles. The normalized spacial score (nSPS) is 13.3. The highest BCUT2D eigenvalue weighted by molar-refractivity contribution is 5.76. The number of allylic oxidation sites excluding steroid dienone is 4. The van der Waals surface area contributed by atoms with Crippen molar-refractivity contribution in [2.75, 3.05) is 6.61 Å². The number of hydrogen-bond donors (Lipinski definition) is 4. The van der Waals surface area contributed by atoms with Gasteiger partial charge in [0.15, 0.2) is 0 Å². The maximum atomic E-state index is 12.5. The van der Waals surface area contributed by atoms with Crippen molar-refractivity contribution in [3.63, 3.8) is 0 Å². The Bertz CT molecular complexity index is 1010. The van der Waals surface area contributed by atoms with Crippen LogP contribution in [0.2, 0.25) is 0 Å². The highest BCUT2D eigenvalue weighted by Gasteiger charge is 2.26. The number of rotatable bonds is 58. The molecule has 0 aromatic carbocycles. The van der Waals surface area contributed by atoms with E-state index in [0.717, 1.165) is 38.5 Å². The summed E-state index contributed by atoms with van der Waals surface area (Å²) in [5, 5.41) is 33.8. The number of unbranched alkanes of at least 4 members (excludes halogenated alkanes) is 46. The first-order chi connectivity index (χ1) is 33.6. The maximum Gasteiger partial charge on any atom is 0.220 e. The van der Waals surface area contributed by atoms with E-state index in [9.17, 15) is 20.1 Å². The van der Waals surface area contributed by atoms with Gasteiger partial charge >= 0.3 is 0 Å². The molecule has 0 heterocycles. The van der Waals surface area contributed by atoms with Crippen LogP contribution in [-0.4, -0.2) is 46.1 Å².